The fourth-order valence-corrected chi connectivity index (χ4v) is 6.81. The van der Waals surface area contributed by atoms with Crippen molar-refractivity contribution in [3.05, 3.63) is 0 Å². The Morgan fingerprint density at radius 3 is 1.95 bits per heavy atom. The Kier molecular flexibility index (Phi) is 3.20. The molecule has 0 radical (unpaired) electrons. The Hall–Kier alpha value is -0.0800. The Labute approximate surface area is 124 Å². The molecule has 0 aromatic heterocycles. The predicted octanol–water partition coefficient (Wildman–Crippen LogP) is 3.28. The highest BCUT2D eigenvalue weighted by molar-refractivity contribution is 5.04. The standard InChI is InChI=1S/C18H32N2/c1-17(2,20-5-3-19-4-6-20)13-18-10-14-7-15(11-18)9-16(8-14)12-18/h14-16,19H,3-13H2,1-2H3. The number of hydrogen-bond donors (Lipinski definition) is 1. The molecule has 4 bridgehead atoms. The van der Waals surface area contributed by atoms with Gasteiger partial charge in [0.15, 0.2) is 0 Å². The van der Waals surface area contributed by atoms with E-state index in [1.54, 1.807) is 38.5 Å². The molecule has 4 saturated carbocycles. The number of nitrogens with one attached hydrogen (secondary N) is 1. The van der Waals surface area contributed by atoms with Gasteiger partial charge in [-0.3, -0.25) is 4.90 Å². The summed E-state index contributed by atoms with van der Waals surface area (Å²) in [6, 6.07) is 0. The smallest absolute Gasteiger partial charge is 0.0159 e. The molecule has 114 valence electrons. The van der Waals surface area contributed by atoms with Crippen molar-refractivity contribution in [1.82, 2.24) is 10.2 Å². The second-order valence-corrected chi connectivity index (χ2v) is 9.14. The third kappa shape index (κ3) is 2.33. The number of rotatable bonds is 3. The monoisotopic (exact) mass is 276 g/mol. The van der Waals surface area contributed by atoms with Gasteiger partial charge >= 0.3 is 0 Å². The molecule has 5 fully saturated rings. The topological polar surface area (TPSA) is 15.3 Å². The number of nitrogens with zero attached hydrogens (tertiary/aromatic N) is 1. The summed E-state index contributed by atoms with van der Waals surface area (Å²) < 4.78 is 0. The molecule has 1 heterocycles. The van der Waals surface area contributed by atoms with Crippen molar-refractivity contribution in [1.29, 1.82) is 0 Å². The second-order valence-electron chi connectivity index (χ2n) is 9.14. The van der Waals surface area contributed by atoms with Crippen LogP contribution < -0.4 is 5.32 Å². The van der Waals surface area contributed by atoms with E-state index in [-0.39, 0.29) is 0 Å². The van der Waals surface area contributed by atoms with Crippen LogP contribution in [-0.2, 0) is 0 Å². The van der Waals surface area contributed by atoms with Crippen molar-refractivity contribution in [2.45, 2.75) is 64.3 Å². The van der Waals surface area contributed by atoms with E-state index < -0.39 is 0 Å². The van der Waals surface area contributed by atoms with Crippen molar-refractivity contribution in [3.8, 4) is 0 Å². The molecule has 0 atom stereocenters. The van der Waals surface area contributed by atoms with Crippen LogP contribution in [-0.4, -0.2) is 36.6 Å². The highest BCUT2D eigenvalue weighted by atomic mass is 15.2. The summed E-state index contributed by atoms with van der Waals surface area (Å²) >= 11 is 0. The molecular formula is C18H32N2. The lowest BCUT2D eigenvalue weighted by Crippen LogP contribution is -2.57. The molecular weight excluding hydrogens is 244 g/mol. The molecule has 1 aliphatic heterocycles. The maximum atomic E-state index is 3.50. The zero-order chi connectivity index (χ0) is 13.8. The molecule has 2 nitrogen and oxygen atoms in total. The van der Waals surface area contributed by atoms with Gasteiger partial charge in [-0.05, 0) is 82.0 Å². The van der Waals surface area contributed by atoms with Crippen LogP contribution in [0.25, 0.3) is 0 Å². The number of piperazine rings is 1. The first kappa shape index (κ1) is 13.6. The fraction of sp³-hybridized carbons (Fsp3) is 1.00. The van der Waals surface area contributed by atoms with E-state index in [2.05, 4.69) is 24.1 Å². The van der Waals surface area contributed by atoms with Crippen LogP contribution in [0.5, 0.6) is 0 Å². The van der Waals surface area contributed by atoms with Gasteiger partial charge in [-0.15, -0.1) is 0 Å². The Morgan fingerprint density at radius 2 is 1.45 bits per heavy atom. The van der Waals surface area contributed by atoms with E-state index in [4.69, 9.17) is 0 Å². The second kappa shape index (κ2) is 4.71. The van der Waals surface area contributed by atoms with Gasteiger partial charge in [0.25, 0.3) is 0 Å². The van der Waals surface area contributed by atoms with E-state index >= 15 is 0 Å². The van der Waals surface area contributed by atoms with Crippen LogP contribution in [0.2, 0.25) is 0 Å². The van der Waals surface area contributed by atoms with Crippen LogP contribution in [0.15, 0.2) is 0 Å². The first-order valence-electron chi connectivity index (χ1n) is 9.01. The van der Waals surface area contributed by atoms with E-state index in [9.17, 15) is 0 Å². The minimum atomic E-state index is 0.410. The lowest BCUT2D eigenvalue weighted by molar-refractivity contribution is -0.0832. The van der Waals surface area contributed by atoms with Gasteiger partial charge in [0, 0.05) is 31.7 Å². The molecule has 20 heavy (non-hydrogen) atoms. The van der Waals surface area contributed by atoms with Crippen molar-refractivity contribution >= 4 is 0 Å². The average molecular weight is 276 g/mol. The van der Waals surface area contributed by atoms with E-state index in [0.29, 0.717) is 5.54 Å². The molecule has 0 spiro atoms. The highest BCUT2D eigenvalue weighted by Crippen LogP contribution is 2.62. The molecule has 0 aromatic rings. The van der Waals surface area contributed by atoms with E-state index in [1.807, 2.05) is 0 Å². The maximum absolute atomic E-state index is 3.50. The number of hydrogen-bond acceptors (Lipinski definition) is 2. The summed E-state index contributed by atoms with van der Waals surface area (Å²) in [5, 5.41) is 3.50. The normalized spacial score (nSPS) is 45.0. The van der Waals surface area contributed by atoms with Gasteiger partial charge < -0.3 is 5.32 Å². The zero-order valence-corrected chi connectivity index (χ0v) is 13.5. The van der Waals surface area contributed by atoms with E-state index in [0.717, 1.165) is 23.2 Å². The third-order valence-electron chi connectivity index (χ3n) is 6.95. The molecule has 5 aliphatic rings. The van der Waals surface area contributed by atoms with Gasteiger partial charge in [-0.2, -0.15) is 0 Å². The first-order valence-corrected chi connectivity index (χ1v) is 9.01. The van der Waals surface area contributed by atoms with Crippen LogP contribution >= 0.6 is 0 Å². The van der Waals surface area contributed by atoms with Crippen LogP contribution in [0.1, 0.15) is 58.8 Å². The van der Waals surface area contributed by atoms with Crippen molar-refractivity contribution < 1.29 is 0 Å². The quantitative estimate of drug-likeness (QED) is 0.851. The minimum absolute atomic E-state index is 0.410. The summed E-state index contributed by atoms with van der Waals surface area (Å²) in [5.41, 5.74) is 1.14. The summed E-state index contributed by atoms with van der Waals surface area (Å²) in [5.74, 6) is 3.29. The van der Waals surface area contributed by atoms with E-state index in [1.165, 1.54) is 32.6 Å². The molecule has 1 saturated heterocycles. The van der Waals surface area contributed by atoms with Crippen molar-refractivity contribution in [2.75, 3.05) is 26.2 Å². The van der Waals surface area contributed by atoms with Gasteiger partial charge in [0.2, 0.25) is 0 Å². The fourth-order valence-electron chi connectivity index (χ4n) is 6.81. The summed E-state index contributed by atoms with van der Waals surface area (Å²) in [6.45, 7) is 9.92. The van der Waals surface area contributed by atoms with Crippen molar-refractivity contribution in [2.24, 2.45) is 23.2 Å². The summed E-state index contributed by atoms with van der Waals surface area (Å²) in [7, 11) is 0. The highest BCUT2D eigenvalue weighted by Gasteiger charge is 2.52. The van der Waals surface area contributed by atoms with Crippen molar-refractivity contribution in [3.63, 3.8) is 0 Å². The zero-order valence-electron chi connectivity index (χ0n) is 13.5. The summed E-state index contributed by atoms with van der Waals surface area (Å²) in [4.78, 5) is 2.77. The largest absolute Gasteiger partial charge is 0.314 e. The maximum Gasteiger partial charge on any atom is 0.0159 e. The van der Waals surface area contributed by atoms with Crippen LogP contribution in [0.4, 0.5) is 0 Å². The van der Waals surface area contributed by atoms with Gasteiger partial charge in [-0.25, -0.2) is 0 Å². The van der Waals surface area contributed by atoms with Crippen LogP contribution in [0.3, 0.4) is 0 Å². The van der Waals surface area contributed by atoms with Gasteiger partial charge in [0.05, 0.1) is 0 Å². The lowest BCUT2D eigenvalue weighted by Gasteiger charge is -2.59. The van der Waals surface area contributed by atoms with Gasteiger partial charge in [0.1, 0.15) is 0 Å². The molecule has 1 N–H and O–H groups in total. The molecule has 0 unspecified atom stereocenters. The third-order valence-corrected chi connectivity index (χ3v) is 6.95. The molecule has 4 aliphatic carbocycles. The predicted molar refractivity (Wildman–Crippen MR) is 83.7 cm³/mol. The minimum Gasteiger partial charge on any atom is -0.314 e. The molecule has 0 amide bonds. The Balaban J connectivity index is 1.50. The Bertz CT molecular complexity index is 332. The van der Waals surface area contributed by atoms with Gasteiger partial charge in [-0.1, -0.05) is 0 Å². The molecule has 2 heteroatoms. The first-order chi connectivity index (χ1) is 9.55. The molecule has 0 aromatic carbocycles. The lowest BCUT2D eigenvalue weighted by atomic mass is 9.47. The SMILES string of the molecule is CC(C)(CC12CC3CC(CC(C3)C1)C2)N1CCNCC1. The van der Waals surface area contributed by atoms with Crippen LogP contribution in [0, 0.1) is 23.2 Å². The average Bonchev–Trinajstić information content (AvgIpc) is 2.36. The summed E-state index contributed by atoms with van der Waals surface area (Å²) in [6.07, 6.45) is 10.9. The Morgan fingerprint density at radius 1 is 0.950 bits per heavy atom. The molecule has 5 rings (SSSR count).